The van der Waals surface area contributed by atoms with Crippen molar-refractivity contribution in [1.82, 2.24) is 4.72 Å². The lowest BCUT2D eigenvalue weighted by molar-refractivity contribution is -0.143. The number of sulfonamides is 1. The molecule has 0 saturated carbocycles. The normalized spacial score (nSPS) is 14.9. The lowest BCUT2D eigenvalue weighted by Crippen LogP contribution is -2.51. The maximum absolute atomic E-state index is 13.6. The van der Waals surface area contributed by atoms with Crippen LogP contribution in [0.15, 0.2) is 23.1 Å². The molecule has 0 amide bonds. The molecule has 0 aliphatic rings. The molecule has 1 aromatic carbocycles. The molecule has 1 rings (SSSR count). The number of carboxylic acids is 1. The molecule has 0 radical (unpaired) electrons. The fourth-order valence-electron chi connectivity index (χ4n) is 1.44. The molecule has 0 saturated heterocycles. The van der Waals surface area contributed by atoms with Crippen molar-refractivity contribution in [2.75, 3.05) is 0 Å². The Morgan fingerprint density at radius 2 is 2.05 bits per heavy atom. The van der Waals surface area contributed by atoms with Gasteiger partial charge in [0.2, 0.25) is 10.0 Å². The van der Waals surface area contributed by atoms with Crippen LogP contribution in [0.3, 0.4) is 0 Å². The molecule has 0 heterocycles. The number of aryl methyl sites for hydroxylation is 1. The standard InChI is InChI=1S/C12H16FNO4S/c1-4-12(3,11(15)16)14-19(17,18)10-7-8(2)5-6-9(10)13/h5-7,14H,4H2,1-3H3,(H,15,16). The number of hydrogen-bond acceptors (Lipinski definition) is 3. The minimum absolute atomic E-state index is 0.0367. The average molecular weight is 289 g/mol. The summed E-state index contributed by atoms with van der Waals surface area (Å²) in [5.41, 5.74) is -1.11. The summed E-state index contributed by atoms with van der Waals surface area (Å²) >= 11 is 0. The summed E-state index contributed by atoms with van der Waals surface area (Å²) in [5, 5.41) is 9.05. The predicted molar refractivity (Wildman–Crippen MR) is 67.8 cm³/mol. The van der Waals surface area contributed by atoms with Crippen molar-refractivity contribution in [3.63, 3.8) is 0 Å². The van der Waals surface area contributed by atoms with E-state index in [1.54, 1.807) is 6.92 Å². The van der Waals surface area contributed by atoms with Gasteiger partial charge in [0, 0.05) is 0 Å². The number of carbonyl (C=O) groups is 1. The van der Waals surface area contributed by atoms with Gasteiger partial charge in [-0.3, -0.25) is 4.79 Å². The topological polar surface area (TPSA) is 83.5 Å². The van der Waals surface area contributed by atoms with Crippen LogP contribution in [0.1, 0.15) is 25.8 Å². The van der Waals surface area contributed by atoms with Crippen molar-refractivity contribution in [2.24, 2.45) is 0 Å². The molecule has 5 nitrogen and oxygen atoms in total. The Labute approximate surface area is 111 Å². The first-order valence-electron chi connectivity index (χ1n) is 5.66. The summed E-state index contributed by atoms with van der Waals surface area (Å²) in [4.78, 5) is 10.5. The number of carboxylic acid groups (broad SMARTS) is 1. The molecular weight excluding hydrogens is 273 g/mol. The van der Waals surface area contributed by atoms with Crippen LogP contribution in [0.4, 0.5) is 4.39 Å². The molecule has 0 fully saturated rings. The van der Waals surface area contributed by atoms with E-state index in [0.29, 0.717) is 5.56 Å². The SMILES string of the molecule is CCC(C)(NS(=O)(=O)c1cc(C)ccc1F)C(=O)O. The van der Waals surface area contributed by atoms with Gasteiger partial charge in [-0.15, -0.1) is 0 Å². The molecule has 1 atom stereocenters. The molecule has 19 heavy (non-hydrogen) atoms. The number of nitrogens with one attached hydrogen (secondary N) is 1. The first-order valence-corrected chi connectivity index (χ1v) is 7.14. The Morgan fingerprint density at radius 1 is 1.47 bits per heavy atom. The lowest BCUT2D eigenvalue weighted by Gasteiger charge is -2.24. The van der Waals surface area contributed by atoms with Crippen LogP contribution in [0, 0.1) is 12.7 Å². The minimum Gasteiger partial charge on any atom is -0.480 e. The van der Waals surface area contributed by atoms with Crippen molar-refractivity contribution in [2.45, 2.75) is 37.6 Å². The number of hydrogen-bond donors (Lipinski definition) is 2. The molecule has 0 aliphatic heterocycles. The fourth-order valence-corrected chi connectivity index (χ4v) is 3.04. The van der Waals surface area contributed by atoms with E-state index in [0.717, 1.165) is 12.1 Å². The average Bonchev–Trinajstić information content (AvgIpc) is 2.31. The van der Waals surface area contributed by atoms with Gasteiger partial charge in [-0.2, -0.15) is 4.72 Å². The Kier molecular flexibility index (Phi) is 4.32. The van der Waals surface area contributed by atoms with Crippen LogP contribution in [0.25, 0.3) is 0 Å². The number of halogens is 1. The van der Waals surface area contributed by atoms with Crippen molar-refractivity contribution in [3.8, 4) is 0 Å². The zero-order valence-corrected chi connectivity index (χ0v) is 11.7. The first kappa shape index (κ1) is 15.6. The van der Waals surface area contributed by atoms with Crippen LogP contribution in [0.2, 0.25) is 0 Å². The van der Waals surface area contributed by atoms with Gasteiger partial charge in [0.25, 0.3) is 0 Å². The quantitative estimate of drug-likeness (QED) is 0.863. The third kappa shape index (κ3) is 3.30. The van der Waals surface area contributed by atoms with E-state index in [1.807, 2.05) is 4.72 Å². The Balaban J connectivity index is 3.26. The van der Waals surface area contributed by atoms with Crippen LogP contribution in [0.5, 0.6) is 0 Å². The second kappa shape index (κ2) is 5.26. The smallest absolute Gasteiger partial charge is 0.324 e. The van der Waals surface area contributed by atoms with E-state index in [4.69, 9.17) is 5.11 Å². The van der Waals surface area contributed by atoms with Gasteiger partial charge in [-0.1, -0.05) is 13.0 Å². The van der Waals surface area contributed by atoms with Gasteiger partial charge in [0.15, 0.2) is 0 Å². The van der Waals surface area contributed by atoms with E-state index in [2.05, 4.69) is 0 Å². The number of benzene rings is 1. The van der Waals surface area contributed by atoms with Gasteiger partial charge in [0.05, 0.1) is 0 Å². The largest absolute Gasteiger partial charge is 0.480 e. The van der Waals surface area contributed by atoms with Crippen LogP contribution < -0.4 is 4.72 Å². The third-order valence-corrected chi connectivity index (χ3v) is 4.53. The monoisotopic (exact) mass is 289 g/mol. The Hall–Kier alpha value is -1.47. The van der Waals surface area contributed by atoms with Crippen molar-refractivity contribution >= 4 is 16.0 Å². The predicted octanol–water partition coefficient (Wildman–Crippen LogP) is 1.67. The fraction of sp³-hybridized carbons (Fsp3) is 0.417. The maximum atomic E-state index is 13.6. The molecule has 106 valence electrons. The third-order valence-electron chi connectivity index (χ3n) is 2.91. The van der Waals surface area contributed by atoms with Gasteiger partial charge in [-0.05, 0) is 38.0 Å². The molecule has 0 spiro atoms. The van der Waals surface area contributed by atoms with Crippen LogP contribution >= 0.6 is 0 Å². The zero-order chi connectivity index (χ0) is 14.8. The van der Waals surface area contributed by atoms with E-state index in [1.165, 1.54) is 19.9 Å². The summed E-state index contributed by atoms with van der Waals surface area (Å²) in [7, 11) is -4.23. The van der Waals surface area contributed by atoms with E-state index >= 15 is 0 Å². The molecule has 7 heteroatoms. The van der Waals surface area contributed by atoms with Crippen LogP contribution in [-0.4, -0.2) is 25.0 Å². The van der Waals surface area contributed by atoms with Gasteiger partial charge in [0.1, 0.15) is 16.3 Å². The highest BCUT2D eigenvalue weighted by atomic mass is 32.2. The first-order chi connectivity index (χ1) is 8.62. The van der Waals surface area contributed by atoms with E-state index < -0.39 is 32.2 Å². The summed E-state index contributed by atoms with van der Waals surface area (Å²) < 4.78 is 39.8. The molecule has 0 aliphatic carbocycles. The summed E-state index contributed by atoms with van der Waals surface area (Å²) in [5.74, 6) is -2.23. The molecule has 0 aromatic heterocycles. The zero-order valence-electron chi connectivity index (χ0n) is 10.9. The molecule has 2 N–H and O–H groups in total. The minimum atomic E-state index is -4.23. The molecular formula is C12H16FNO4S. The van der Waals surface area contributed by atoms with Crippen molar-refractivity contribution in [3.05, 3.63) is 29.6 Å². The van der Waals surface area contributed by atoms with Gasteiger partial charge >= 0.3 is 5.97 Å². The van der Waals surface area contributed by atoms with Crippen molar-refractivity contribution < 1.29 is 22.7 Å². The molecule has 0 bridgehead atoms. The Bertz CT molecular complexity index is 600. The van der Waals surface area contributed by atoms with E-state index in [-0.39, 0.29) is 6.42 Å². The highest BCUT2D eigenvalue weighted by Crippen LogP contribution is 2.20. The van der Waals surface area contributed by atoms with E-state index in [9.17, 15) is 17.6 Å². The van der Waals surface area contributed by atoms with Gasteiger partial charge < -0.3 is 5.11 Å². The summed E-state index contributed by atoms with van der Waals surface area (Å²) in [6, 6.07) is 3.63. The highest BCUT2D eigenvalue weighted by Gasteiger charge is 2.37. The van der Waals surface area contributed by atoms with Crippen molar-refractivity contribution in [1.29, 1.82) is 0 Å². The highest BCUT2D eigenvalue weighted by molar-refractivity contribution is 7.89. The molecule has 1 aromatic rings. The maximum Gasteiger partial charge on any atom is 0.324 e. The summed E-state index contributed by atoms with van der Waals surface area (Å²) in [6.07, 6.45) is 0.0367. The van der Waals surface area contributed by atoms with Gasteiger partial charge in [-0.25, -0.2) is 12.8 Å². The Morgan fingerprint density at radius 3 is 2.53 bits per heavy atom. The van der Waals surface area contributed by atoms with Crippen LogP contribution in [-0.2, 0) is 14.8 Å². The second-order valence-corrected chi connectivity index (χ2v) is 6.18. The second-order valence-electron chi connectivity index (χ2n) is 4.53. The summed E-state index contributed by atoms with van der Waals surface area (Å²) in [6.45, 7) is 4.39. The molecule has 1 unspecified atom stereocenters. The lowest BCUT2D eigenvalue weighted by atomic mass is 10.0. The number of rotatable bonds is 5. The number of aliphatic carboxylic acids is 1.